The first-order valence-electron chi connectivity index (χ1n) is 9.56. The predicted molar refractivity (Wildman–Crippen MR) is 118 cm³/mol. The minimum atomic E-state index is -0.887. The van der Waals surface area contributed by atoms with Gasteiger partial charge < -0.3 is 18.9 Å². The van der Waals surface area contributed by atoms with Gasteiger partial charge in [0.2, 0.25) is 0 Å². The Bertz CT molecular complexity index is 1420. The number of carbonyl (C=O) groups is 2. The topological polar surface area (TPSA) is 129 Å². The molecule has 0 amide bonds. The second-order valence-corrected chi connectivity index (χ2v) is 7.71. The number of esters is 1. The molecule has 4 aromatic rings. The van der Waals surface area contributed by atoms with Gasteiger partial charge in [-0.3, -0.25) is 9.78 Å². The van der Waals surface area contributed by atoms with Crippen LogP contribution in [0, 0.1) is 6.92 Å². The minimum Gasteiger partial charge on any atom is -0.453 e. The molecule has 170 valence electrons. The summed E-state index contributed by atoms with van der Waals surface area (Å²) < 4.78 is 16.2. The average Bonchev–Trinajstić information content (AvgIpc) is 3.36. The van der Waals surface area contributed by atoms with Crippen molar-refractivity contribution in [3.63, 3.8) is 0 Å². The number of anilines is 1. The van der Waals surface area contributed by atoms with Crippen molar-refractivity contribution in [3.8, 4) is 0 Å². The molecule has 0 bridgehead atoms. The van der Waals surface area contributed by atoms with Gasteiger partial charge in [0.15, 0.2) is 29.6 Å². The van der Waals surface area contributed by atoms with Gasteiger partial charge in [0.1, 0.15) is 5.82 Å². The van der Waals surface area contributed by atoms with Crippen LogP contribution >= 0.6 is 23.2 Å². The fraction of sp³-hybridized carbons (Fsp3) is 0.190. The SMILES string of the molecule is CNc1ccc(C(=O)Cc2c(Cl)cncc2Cl)c2cc(C(=O)OCc3oc(=O)oc3C)nn12. The maximum Gasteiger partial charge on any atom is 0.519 e. The van der Waals surface area contributed by atoms with Crippen LogP contribution in [0.4, 0.5) is 5.82 Å². The number of pyridine rings is 2. The molecule has 0 radical (unpaired) electrons. The van der Waals surface area contributed by atoms with E-state index in [1.54, 1.807) is 19.2 Å². The molecule has 4 heterocycles. The monoisotopic (exact) mass is 490 g/mol. The minimum absolute atomic E-state index is 0.0461. The molecule has 1 N–H and O–H groups in total. The van der Waals surface area contributed by atoms with E-state index in [1.165, 1.54) is 29.9 Å². The van der Waals surface area contributed by atoms with Crippen molar-refractivity contribution in [1.82, 2.24) is 14.6 Å². The van der Waals surface area contributed by atoms with Gasteiger partial charge in [-0.1, -0.05) is 23.2 Å². The van der Waals surface area contributed by atoms with Crippen molar-refractivity contribution in [2.75, 3.05) is 12.4 Å². The van der Waals surface area contributed by atoms with Crippen LogP contribution in [0.15, 0.2) is 44.2 Å². The molecule has 33 heavy (non-hydrogen) atoms. The summed E-state index contributed by atoms with van der Waals surface area (Å²) in [6.07, 6.45) is 2.75. The summed E-state index contributed by atoms with van der Waals surface area (Å²) in [4.78, 5) is 40.7. The van der Waals surface area contributed by atoms with Gasteiger partial charge in [-0.2, -0.15) is 5.10 Å². The third-order valence-electron chi connectivity index (χ3n) is 4.85. The van der Waals surface area contributed by atoms with Crippen LogP contribution in [0.1, 0.15) is 37.9 Å². The van der Waals surface area contributed by atoms with E-state index in [1.807, 2.05) is 0 Å². The lowest BCUT2D eigenvalue weighted by molar-refractivity contribution is 0.0435. The number of ether oxygens (including phenoxy) is 1. The number of nitrogens with one attached hydrogen (secondary N) is 1. The van der Waals surface area contributed by atoms with Gasteiger partial charge >= 0.3 is 11.8 Å². The molecule has 0 saturated carbocycles. The molecular weight excluding hydrogens is 475 g/mol. The summed E-state index contributed by atoms with van der Waals surface area (Å²) in [6.45, 7) is 1.20. The number of rotatable bonds is 7. The zero-order chi connectivity index (χ0) is 23.7. The van der Waals surface area contributed by atoms with Crippen LogP contribution in [-0.2, 0) is 17.8 Å². The van der Waals surface area contributed by atoms with E-state index in [-0.39, 0.29) is 46.1 Å². The summed E-state index contributed by atoms with van der Waals surface area (Å²) in [5.41, 5.74) is 1.09. The van der Waals surface area contributed by atoms with Crippen LogP contribution < -0.4 is 11.1 Å². The number of halogens is 2. The Kier molecular flexibility index (Phi) is 6.21. The molecule has 0 aliphatic rings. The lowest BCUT2D eigenvalue weighted by Crippen LogP contribution is -2.09. The van der Waals surface area contributed by atoms with Gasteiger partial charge in [-0.25, -0.2) is 14.1 Å². The first kappa shape index (κ1) is 22.6. The molecule has 10 nitrogen and oxygen atoms in total. The lowest BCUT2D eigenvalue weighted by Gasteiger charge is -2.09. The highest BCUT2D eigenvalue weighted by molar-refractivity contribution is 6.36. The number of carbonyl (C=O) groups excluding carboxylic acids is 2. The first-order chi connectivity index (χ1) is 15.8. The predicted octanol–water partition coefficient (Wildman–Crippen LogP) is 3.71. The van der Waals surface area contributed by atoms with Gasteiger partial charge in [0.25, 0.3) is 0 Å². The number of hydrogen-bond acceptors (Lipinski definition) is 9. The van der Waals surface area contributed by atoms with E-state index in [0.29, 0.717) is 22.5 Å². The van der Waals surface area contributed by atoms with Crippen LogP contribution in [0.3, 0.4) is 0 Å². The largest absolute Gasteiger partial charge is 0.519 e. The zero-order valence-corrected chi connectivity index (χ0v) is 18.9. The number of aryl methyl sites for hydroxylation is 1. The second kappa shape index (κ2) is 9.08. The molecule has 0 aromatic carbocycles. The molecule has 4 rings (SSSR count). The van der Waals surface area contributed by atoms with Crippen molar-refractivity contribution in [2.24, 2.45) is 0 Å². The van der Waals surface area contributed by atoms with E-state index in [0.717, 1.165) is 0 Å². The third kappa shape index (κ3) is 4.48. The summed E-state index contributed by atoms with van der Waals surface area (Å²) >= 11 is 12.3. The molecule has 12 heteroatoms. The average molecular weight is 491 g/mol. The third-order valence-corrected chi connectivity index (χ3v) is 5.50. The van der Waals surface area contributed by atoms with Gasteiger partial charge in [-0.15, -0.1) is 0 Å². The fourth-order valence-corrected chi connectivity index (χ4v) is 3.67. The molecule has 0 aliphatic heterocycles. The number of hydrogen-bond donors (Lipinski definition) is 1. The maximum atomic E-state index is 13.1. The van der Waals surface area contributed by atoms with E-state index < -0.39 is 11.8 Å². The highest BCUT2D eigenvalue weighted by Crippen LogP contribution is 2.26. The van der Waals surface area contributed by atoms with E-state index in [2.05, 4.69) is 15.4 Å². The Hall–Kier alpha value is -3.63. The Morgan fingerprint density at radius 3 is 2.55 bits per heavy atom. The van der Waals surface area contributed by atoms with Crippen LogP contribution in [0.5, 0.6) is 0 Å². The van der Waals surface area contributed by atoms with E-state index in [4.69, 9.17) is 36.8 Å². The van der Waals surface area contributed by atoms with Crippen LogP contribution in [0.2, 0.25) is 10.0 Å². The Morgan fingerprint density at radius 1 is 1.18 bits per heavy atom. The van der Waals surface area contributed by atoms with Crippen molar-refractivity contribution in [1.29, 1.82) is 0 Å². The first-order valence-corrected chi connectivity index (χ1v) is 10.3. The normalized spacial score (nSPS) is 11.0. The summed E-state index contributed by atoms with van der Waals surface area (Å²) in [5, 5.41) is 7.76. The number of Topliss-reactive ketones (excluding diaryl/α,β-unsaturated/α-hetero) is 1. The molecule has 0 atom stereocenters. The Balaban J connectivity index is 1.65. The smallest absolute Gasteiger partial charge is 0.453 e. The molecule has 0 fully saturated rings. The molecule has 4 aromatic heterocycles. The molecule has 0 spiro atoms. The van der Waals surface area contributed by atoms with E-state index >= 15 is 0 Å². The number of nitrogens with zero attached hydrogens (tertiary/aromatic N) is 3. The number of aromatic nitrogens is 3. The van der Waals surface area contributed by atoms with Crippen molar-refractivity contribution >= 4 is 46.3 Å². The molecule has 0 unspecified atom stereocenters. The van der Waals surface area contributed by atoms with Crippen LogP contribution in [-0.4, -0.2) is 33.4 Å². The quantitative estimate of drug-likeness (QED) is 0.304. The van der Waals surface area contributed by atoms with Crippen molar-refractivity contribution < 1.29 is 23.2 Å². The van der Waals surface area contributed by atoms with Crippen molar-refractivity contribution in [3.05, 3.63) is 79.6 Å². The van der Waals surface area contributed by atoms with Crippen LogP contribution in [0.25, 0.3) is 5.52 Å². The van der Waals surface area contributed by atoms with E-state index in [9.17, 15) is 14.4 Å². The number of fused-ring (bicyclic) bond motifs is 1. The maximum absolute atomic E-state index is 13.1. The lowest BCUT2D eigenvalue weighted by atomic mass is 10.0. The molecule has 0 aliphatic carbocycles. The van der Waals surface area contributed by atoms with Gasteiger partial charge in [-0.05, 0) is 25.1 Å². The molecule has 0 saturated heterocycles. The van der Waals surface area contributed by atoms with Crippen molar-refractivity contribution in [2.45, 2.75) is 20.0 Å². The highest BCUT2D eigenvalue weighted by atomic mass is 35.5. The Morgan fingerprint density at radius 2 is 1.91 bits per heavy atom. The summed E-state index contributed by atoms with van der Waals surface area (Å²) in [5.74, 6) is -1.10. The fourth-order valence-electron chi connectivity index (χ4n) is 3.17. The summed E-state index contributed by atoms with van der Waals surface area (Å²) in [7, 11) is 1.68. The van der Waals surface area contributed by atoms with Gasteiger partial charge in [0, 0.05) is 37.0 Å². The molecular formula is C21H16Cl2N4O6. The zero-order valence-electron chi connectivity index (χ0n) is 17.3. The second-order valence-electron chi connectivity index (χ2n) is 6.90. The summed E-state index contributed by atoms with van der Waals surface area (Å²) in [6, 6.07) is 4.71. The van der Waals surface area contributed by atoms with Gasteiger partial charge in [0.05, 0.1) is 15.6 Å². The standard InChI is InChI=1S/C21H16Cl2N4O6/c1-10-18(33-21(30)32-10)9-31-20(29)15-6-16-11(3-4-19(24-2)27(16)26-15)17(28)5-12-13(22)7-25-8-14(12)23/h3-4,6-8,24H,5,9H2,1-2H3. The number of ketones is 1. The Labute approximate surface area is 196 Å². The highest BCUT2D eigenvalue weighted by Gasteiger charge is 2.21.